The van der Waals surface area contributed by atoms with Crippen LogP contribution < -0.4 is 10.6 Å². The molecule has 0 saturated heterocycles. The predicted octanol–water partition coefficient (Wildman–Crippen LogP) is 3.23. The van der Waals surface area contributed by atoms with E-state index >= 15 is 0 Å². The second-order valence-electron chi connectivity index (χ2n) is 6.06. The molecule has 27 heavy (non-hydrogen) atoms. The summed E-state index contributed by atoms with van der Waals surface area (Å²) in [5.41, 5.74) is 3.60. The van der Waals surface area contributed by atoms with Crippen molar-refractivity contribution >= 4 is 30.2 Å². The van der Waals surface area contributed by atoms with Crippen LogP contribution in [0.15, 0.2) is 59.5 Å². The number of hydrogen-bond acceptors (Lipinski definition) is 5. The lowest BCUT2D eigenvalue weighted by Crippen LogP contribution is -2.01. The molecule has 0 saturated carbocycles. The van der Waals surface area contributed by atoms with E-state index in [4.69, 9.17) is 0 Å². The molecule has 1 atom stereocenters. The maximum absolute atomic E-state index is 11.7. The first-order chi connectivity index (χ1) is 12.8. The topological polar surface area (TPSA) is 82.8 Å². The van der Waals surface area contributed by atoms with E-state index in [0.29, 0.717) is 11.4 Å². The summed E-state index contributed by atoms with van der Waals surface area (Å²) in [6.07, 6.45) is 1.18. The van der Waals surface area contributed by atoms with E-state index in [1.54, 1.807) is 37.4 Å². The van der Waals surface area contributed by atoms with Crippen LogP contribution in [-0.2, 0) is 9.84 Å². The van der Waals surface area contributed by atoms with Crippen molar-refractivity contribution in [3.8, 4) is 28.5 Å². The number of hydrogen-bond donors (Lipinski definition) is 1. The van der Waals surface area contributed by atoms with Crippen LogP contribution in [0.1, 0.15) is 5.56 Å². The Morgan fingerprint density at radius 3 is 2.15 bits per heavy atom. The highest BCUT2D eigenvalue weighted by atomic mass is 32.2. The number of nitrogens with one attached hydrogen (secondary N) is 1. The molecule has 0 aliphatic rings. The highest BCUT2D eigenvalue weighted by Gasteiger charge is 2.15. The molecule has 0 radical (unpaired) electrons. The van der Waals surface area contributed by atoms with E-state index in [0.717, 1.165) is 27.7 Å². The fourth-order valence-electron chi connectivity index (χ4n) is 2.75. The van der Waals surface area contributed by atoms with Gasteiger partial charge < -0.3 is 5.32 Å². The van der Waals surface area contributed by atoms with Gasteiger partial charge in [0.2, 0.25) is 0 Å². The predicted molar refractivity (Wildman–Crippen MR) is 112 cm³/mol. The first-order valence-corrected chi connectivity index (χ1v) is 10.6. The van der Waals surface area contributed by atoms with Crippen molar-refractivity contribution in [3.63, 3.8) is 0 Å². The third kappa shape index (κ3) is 4.00. The molecule has 0 bridgehead atoms. The van der Waals surface area contributed by atoms with Gasteiger partial charge in [-0.25, -0.2) is 13.4 Å². The average molecular weight is 395 g/mol. The van der Waals surface area contributed by atoms with Gasteiger partial charge >= 0.3 is 0 Å². The molecule has 1 aromatic heterocycles. The van der Waals surface area contributed by atoms with Crippen LogP contribution in [0.25, 0.3) is 22.4 Å². The van der Waals surface area contributed by atoms with Crippen molar-refractivity contribution in [2.45, 2.75) is 4.90 Å². The van der Waals surface area contributed by atoms with Crippen molar-refractivity contribution in [2.75, 3.05) is 18.6 Å². The van der Waals surface area contributed by atoms with Gasteiger partial charge in [-0.3, -0.25) is 0 Å². The van der Waals surface area contributed by atoms with Crippen LogP contribution >= 0.6 is 9.24 Å². The largest absolute Gasteiger partial charge is 0.372 e. The van der Waals surface area contributed by atoms with Crippen LogP contribution in [0.3, 0.4) is 0 Å². The van der Waals surface area contributed by atoms with Gasteiger partial charge in [-0.1, -0.05) is 36.4 Å². The van der Waals surface area contributed by atoms with E-state index in [9.17, 15) is 13.7 Å². The number of rotatable bonds is 4. The van der Waals surface area contributed by atoms with E-state index in [1.807, 2.05) is 24.3 Å². The first-order valence-electron chi connectivity index (χ1n) is 8.13. The molecule has 0 amide bonds. The number of sulfone groups is 1. The van der Waals surface area contributed by atoms with E-state index in [-0.39, 0.29) is 4.90 Å². The fraction of sp³-hybridized carbons (Fsp3) is 0.100. The number of nitriles is 1. The summed E-state index contributed by atoms with van der Waals surface area (Å²) in [5.74, 6) is 0.499. The summed E-state index contributed by atoms with van der Waals surface area (Å²) in [7, 11) is 1.09. The number of benzene rings is 2. The van der Waals surface area contributed by atoms with Crippen molar-refractivity contribution in [3.05, 3.63) is 60.2 Å². The van der Waals surface area contributed by atoms with Gasteiger partial charge in [0.15, 0.2) is 9.84 Å². The highest BCUT2D eigenvalue weighted by Crippen LogP contribution is 2.34. The maximum Gasteiger partial charge on any atom is 0.175 e. The Balaban J connectivity index is 2.24. The zero-order valence-electron chi connectivity index (χ0n) is 14.9. The first kappa shape index (κ1) is 19.0. The molecule has 0 aliphatic carbocycles. The minimum absolute atomic E-state index is 0.250. The number of anilines is 1. The summed E-state index contributed by atoms with van der Waals surface area (Å²) in [6, 6.07) is 18.4. The van der Waals surface area contributed by atoms with Gasteiger partial charge in [-0.15, -0.1) is 9.24 Å². The van der Waals surface area contributed by atoms with Crippen LogP contribution in [-0.4, -0.2) is 26.7 Å². The minimum Gasteiger partial charge on any atom is -0.372 e. The monoisotopic (exact) mass is 395 g/mol. The van der Waals surface area contributed by atoms with Crippen LogP contribution in [0.4, 0.5) is 5.82 Å². The summed E-state index contributed by atoms with van der Waals surface area (Å²) < 4.78 is 23.4. The summed E-state index contributed by atoms with van der Waals surface area (Å²) >= 11 is 0. The Morgan fingerprint density at radius 2 is 1.63 bits per heavy atom. The lowest BCUT2D eigenvalue weighted by atomic mass is 9.97. The maximum atomic E-state index is 11.7. The molecule has 3 rings (SSSR count). The van der Waals surface area contributed by atoms with E-state index < -0.39 is 9.84 Å². The SMILES string of the molecule is CNc1nc(-c2ccc(P)cc2)c(-c2ccc(S(C)(=O)=O)cc2)cc1C#N. The van der Waals surface area contributed by atoms with Crippen LogP contribution in [0.5, 0.6) is 0 Å². The van der Waals surface area contributed by atoms with Crippen molar-refractivity contribution < 1.29 is 8.42 Å². The molecule has 3 aromatic rings. The standard InChI is InChI=1S/C20H18N3O2PS/c1-22-20-15(12-21)11-18(13-5-9-17(10-6-13)27(2,24)25)19(23-20)14-3-7-16(26)8-4-14/h3-11H,26H2,1-2H3,(H,22,23). The van der Waals surface area contributed by atoms with Gasteiger partial charge in [0.05, 0.1) is 16.2 Å². The third-order valence-electron chi connectivity index (χ3n) is 4.16. The Kier molecular flexibility index (Phi) is 5.27. The van der Waals surface area contributed by atoms with E-state index in [1.165, 1.54) is 6.26 Å². The van der Waals surface area contributed by atoms with Crippen molar-refractivity contribution in [1.29, 1.82) is 5.26 Å². The molecule has 2 aromatic carbocycles. The van der Waals surface area contributed by atoms with Crippen LogP contribution in [0, 0.1) is 11.3 Å². The second kappa shape index (κ2) is 7.48. The van der Waals surface area contributed by atoms with Crippen molar-refractivity contribution in [2.24, 2.45) is 0 Å². The second-order valence-corrected chi connectivity index (χ2v) is 8.74. The Morgan fingerprint density at radius 1 is 1.04 bits per heavy atom. The minimum atomic E-state index is -3.27. The molecular formula is C20H18N3O2PS. The molecule has 1 N–H and O–H groups in total. The zero-order chi connectivity index (χ0) is 19.6. The number of nitrogens with zero attached hydrogens (tertiary/aromatic N) is 2. The molecule has 5 nitrogen and oxygen atoms in total. The number of aromatic nitrogens is 1. The molecule has 1 unspecified atom stereocenters. The lowest BCUT2D eigenvalue weighted by Gasteiger charge is -2.13. The zero-order valence-corrected chi connectivity index (χ0v) is 16.9. The van der Waals surface area contributed by atoms with Gasteiger partial charge in [0.1, 0.15) is 11.9 Å². The lowest BCUT2D eigenvalue weighted by molar-refractivity contribution is 0.602. The van der Waals surface area contributed by atoms with Crippen molar-refractivity contribution in [1.82, 2.24) is 4.98 Å². The molecule has 1 heterocycles. The smallest absolute Gasteiger partial charge is 0.175 e. The molecule has 0 fully saturated rings. The quantitative estimate of drug-likeness (QED) is 0.686. The van der Waals surface area contributed by atoms with Gasteiger partial charge in [-0.2, -0.15) is 5.26 Å². The van der Waals surface area contributed by atoms with Crippen LogP contribution in [0.2, 0.25) is 0 Å². The molecule has 0 aliphatic heterocycles. The van der Waals surface area contributed by atoms with Gasteiger partial charge in [0.25, 0.3) is 0 Å². The summed E-state index contributed by atoms with van der Waals surface area (Å²) in [4.78, 5) is 4.90. The molecule has 0 spiro atoms. The fourth-order valence-corrected chi connectivity index (χ4v) is 3.57. The van der Waals surface area contributed by atoms with Gasteiger partial charge in [-0.05, 0) is 29.1 Å². The Bertz CT molecular complexity index is 1130. The molecule has 136 valence electrons. The normalized spacial score (nSPS) is 11.0. The molecular weight excluding hydrogens is 377 g/mol. The Hall–Kier alpha value is -2.74. The van der Waals surface area contributed by atoms with Gasteiger partial charge in [0, 0.05) is 24.4 Å². The van der Waals surface area contributed by atoms with E-state index in [2.05, 4.69) is 25.6 Å². The average Bonchev–Trinajstić information content (AvgIpc) is 2.67. The summed E-state index contributed by atoms with van der Waals surface area (Å²) in [6.45, 7) is 0. The Labute approximate surface area is 161 Å². The molecule has 7 heteroatoms. The number of pyridine rings is 1. The summed E-state index contributed by atoms with van der Waals surface area (Å²) in [5, 5.41) is 13.5. The third-order valence-corrected chi connectivity index (χ3v) is 5.67. The highest BCUT2D eigenvalue weighted by molar-refractivity contribution is 7.90.